The van der Waals surface area contributed by atoms with E-state index < -0.39 is 6.10 Å². The number of benzene rings is 1. The van der Waals surface area contributed by atoms with Crippen LogP contribution in [0.1, 0.15) is 27.2 Å². The van der Waals surface area contributed by atoms with Gasteiger partial charge in [0.1, 0.15) is 11.5 Å². The van der Waals surface area contributed by atoms with E-state index in [2.05, 4.69) is 5.32 Å². The summed E-state index contributed by atoms with van der Waals surface area (Å²) < 4.78 is 10.8. The lowest BCUT2D eigenvalue weighted by atomic mass is 10.2. The third-order valence-corrected chi connectivity index (χ3v) is 2.41. The lowest BCUT2D eigenvalue weighted by Crippen LogP contribution is -2.41. The molecule has 1 atom stereocenters. The number of ether oxygens (including phenoxy) is 2. The molecule has 1 aromatic carbocycles. The highest BCUT2D eigenvalue weighted by Gasteiger charge is 2.18. The predicted octanol–water partition coefficient (Wildman–Crippen LogP) is 2.38. The highest BCUT2D eigenvalue weighted by molar-refractivity contribution is 5.81. The summed E-state index contributed by atoms with van der Waals surface area (Å²) in [5.74, 6) is 1.27. The van der Waals surface area contributed by atoms with Crippen molar-refractivity contribution in [2.45, 2.75) is 39.3 Å². The van der Waals surface area contributed by atoms with E-state index in [9.17, 15) is 4.79 Å². The molecule has 0 unspecified atom stereocenters. The van der Waals surface area contributed by atoms with Crippen LogP contribution in [0.25, 0.3) is 0 Å². The molecule has 0 aromatic heterocycles. The van der Waals surface area contributed by atoms with E-state index in [-0.39, 0.29) is 11.9 Å². The van der Waals surface area contributed by atoms with Crippen LogP contribution in [0.4, 0.5) is 0 Å². The highest BCUT2D eigenvalue weighted by Crippen LogP contribution is 2.20. The molecule has 0 saturated heterocycles. The van der Waals surface area contributed by atoms with Gasteiger partial charge in [0.2, 0.25) is 0 Å². The molecule has 1 rings (SSSR count). The predicted molar refractivity (Wildman–Crippen MR) is 71.0 cm³/mol. The summed E-state index contributed by atoms with van der Waals surface area (Å²) in [6.07, 6.45) is 0.148. The zero-order valence-electron chi connectivity index (χ0n) is 11.4. The minimum Gasteiger partial charge on any atom is -0.497 e. The van der Waals surface area contributed by atoms with Gasteiger partial charge in [-0.3, -0.25) is 4.79 Å². The van der Waals surface area contributed by atoms with Crippen molar-refractivity contribution < 1.29 is 14.3 Å². The topological polar surface area (TPSA) is 47.6 Å². The highest BCUT2D eigenvalue weighted by atomic mass is 16.5. The molecule has 0 spiro atoms. The van der Waals surface area contributed by atoms with Crippen molar-refractivity contribution in [3.8, 4) is 11.5 Å². The maximum absolute atomic E-state index is 11.9. The fourth-order valence-corrected chi connectivity index (χ4v) is 1.54. The average Bonchev–Trinajstić information content (AvgIpc) is 2.35. The van der Waals surface area contributed by atoms with Crippen LogP contribution in [-0.4, -0.2) is 25.2 Å². The first-order valence-electron chi connectivity index (χ1n) is 6.18. The Balaban J connectivity index is 2.69. The Labute approximate surface area is 108 Å². The molecular weight excluding hydrogens is 230 g/mol. The van der Waals surface area contributed by atoms with Crippen LogP contribution in [0, 0.1) is 0 Å². The molecule has 4 nitrogen and oxygen atoms in total. The monoisotopic (exact) mass is 251 g/mol. The summed E-state index contributed by atoms with van der Waals surface area (Å²) in [4.78, 5) is 11.9. The molecule has 0 aliphatic heterocycles. The van der Waals surface area contributed by atoms with E-state index in [0.717, 1.165) is 0 Å². The van der Waals surface area contributed by atoms with Crippen LogP contribution >= 0.6 is 0 Å². The Kier molecular flexibility index (Phi) is 5.49. The molecule has 4 heteroatoms. The molecule has 0 heterocycles. The van der Waals surface area contributed by atoms with Crippen LogP contribution in [0.3, 0.4) is 0 Å². The fourth-order valence-electron chi connectivity index (χ4n) is 1.54. The molecule has 0 fully saturated rings. The molecule has 1 amide bonds. The van der Waals surface area contributed by atoms with E-state index in [1.165, 1.54) is 0 Å². The lowest BCUT2D eigenvalue weighted by Gasteiger charge is -2.19. The van der Waals surface area contributed by atoms with Crippen molar-refractivity contribution >= 4 is 5.91 Å². The van der Waals surface area contributed by atoms with Gasteiger partial charge in [0, 0.05) is 12.1 Å². The third-order valence-electron chi connectivity index (χ3n) is 2.41. The molecule has 1 N–H and O–H groups in total. The van der Waals surface area contributed by atoms with Crippen molar-refractivity contribution in [1.29, 1.82) is 0 Å². The number of carbonyl (C=O) groups excluding carboxylic acids is 1. The Morgan fingerprint density at radius 3 is 2.56 bits per heavy atom. The van der Waals surface area contributed by atoms with E-state index in [0.29, 0.717) is 17.9 Å². The SMILES string of the molecule is CC[C@H](Oc1cccc(OC)c1)C(=O)NC(C)C. The van der Waals surface area contributed by atoms with E-state index in [1.54, 1.807) is 13.2 Å². The van der Waals surface area contributed by atoms with Gasteiger partial charge in [-0.2, -0.15) is 0 Å². The Bertz CT molecular complexity index is 390. The first-order chi connectivity index (χ1) is 8.56. The maximum atomic E-state index is 11.9. The summed E-state index contributed by atoms with van der Waals surface area (Å²) >= 11 is 0. The quantitative estimate of drug-likeness (QED) is 0.844. The van der Waals surface area contributed by atoms with Crippen molar-refractivity contribution in [3.63, 3.8) is 0 Å². The number of hydrogen-bond donors (Lipinski definition) is 1. The van der Waals surface area contributed by atoms with Gasteiger partial charge in [0.15, 0.2) is 6.10 Å². The van der Waals surface area contributed by atoms with Gasteiger partial charge in [-0.15, -0.1) is 0 Å². The van der Waals surface area contributed by atoms with Crippen LogP contribution in [0.5, 0.6) is 11.5 Å². The van der Waals surface area contributed by atoms with Gasteiger partial charge in [-0.05, 0) is 32.4 Å². The van der Waals surface area contributed by atoms with Crippen LogP contribution in [0.2, 0.25) is 0 Å². The lowest BCUT2D eigenvalue weighted by molar-refractivity contribution is -0.128. The van der Waals surface area contributed by atoms with Crippen LogP contribution in [0.15, 0.2) is 24.3 Å². The van der Waals surface area contributed by atoms with Crippen molar-refractivity contribution in [3.05, 3.63) is 24.3 Å². The van der Waals surface area contributed by atoms with E-state index in [4.69, 9.17) is 9.47 Å². The largest absolute Gasteiger partial charge is 0.497 e. The van der Waals surface area contributed by atoms with Gasteiger partial charge >= 0.3 is 0 Å². The summed E-state index contributed by atoms with van der Waals surface area (Å²) in [5, 5.41) is 2.85. The molecule has 1 aromatic rings. The second-order valence-electron chi connectivity index (χ2n) is 4.36. The van der Waals surface area contributed by atoms with E-state index in [1.807, 2.05) is 39.0 Å². The van der Waals surface area contributed by atoms with Gasteiger partial charge in [0.25, 0.3) is 5.91 Å². The second-order valence-corrected chi connectivity index (χ2v) is 4.36. The Morgan fingerprint density at radius 2 is 2.00 bits per heavy atom. The first kappa shape index (κ1) is 14.4. The second kappa shape index (κ2) is 6.89. The Hall–Kier alpha value is -1.71. The van der Waals surface area contributed by atoms with Crippen molar-refractivity contribution in [2.75, 3.05) is 7.11 Å². The molecule has 18 heavy (non-hydrogen) atoms. The molecule has 0 aliphatic carbocycles. The molecule has 100 valence electrons. The molecule has 0 aliphatic rings. The van der Waals surface area contributed by atoms with Crippen molar-refractivity contribution in [2.24, 2.45) is 0 Å². The summed E-state index contributed by atoms with van der Waals surface area (Å²) in [7, 11) is 1.60. The zero-order valence-corrected chi connectivity index (χ0v) is 11.4. The van der Waals surface area contributed by atoms with Gasteiger partial charge in [-0.1, -0.05) is 13.0 Å². The average molecular weight is 251 g/mol. The number of hydrogen-bond acceptors (Lipinski definition) is 3. The maximum Gasteiger partial charge on any atom is 0.261 e. The Morgan fingerprint density at radius 1 is 1.33 bits per heavy atom. The summed E-state index contributed by atoms with van der Waals surface area (Å²) in [6, 6.07) is 7.36. The van der Waals surface area contributed by atoms with Gasteiger partial charge in [0.05, 0.1) is 7.11 Å². The summed E-state index contributed by atoms with van der Waals surface area (Å²) in [5.41, 5.74) is 0. The number of methoxy groups -OCH3 is 1. The van der Waals surface area contributed by atoms with Crippen LogP contribution < -0.4 is 14.8 Å². The molecular formula is C14H21NO3. The number of rotatable bonds is 6. The first-order valence-corrected chi connectivity index (χ1v) is 6.18. The van der Waals surface area contributed by atoms with Crippen molar-refractivity contribution in [1.82, 2.24) is 5.32 Å². The van der Waals surface area contributed by atoms with E-state index >= 15 is 0 Å². The van der Waals surface area contributed by atoms with Gasteiger partial charge < -0.3 is 14.8 Å². The minimum atomic E-state index is -0.473. The molecule has 0 bridgehead atoms. The molecule has 0 radical (unpaired) electrons. The van der Waals surface area contributed by atoms with Crippen LogP contribution in [-0.2, 0) is 4.79 Å². The standard InChI is InChI=1S/C14H21NO3/c1-5-13(14(16)15-10(2)3)18-12-8-6-7-11(9-12)17-4/h6-10,13H,5H2,1-4H3,(H,15,16)/t13-/m0/s1. The fraction of sp³-hybridized carbons (Fsp3) is 0.500. The number of carbonyl (C=O) groups is 1. The smallest absolute Gasteiger partial charge is 0.261 e. The zero-order chi connectivity index (χ0) is 13.5. The molecule has 0 saturated carbocycles. The van der Waals surface area contributed by atoms with Gasteiger partial charge in [-0.25, -0.2) is 0 Å². The number of amides is 1. The minimum absolute atomic E-state index is 0.0877. The number of nitrogens with one attached hydrogen (secondary N) is 1. The summed E-state index contributed by atoms with van der Waals surface area (Å²) in [6.45, 7) is 5.77. The normalized spacial score (nSPS) is 12.1. The third kappa shape index (κ3) is 4.28.